The minimum absolute atomic E-state index is 0.307. The molecular formula is C7H6AsO2. The van der Waals surface area contributed by atoms with E-state index in [0.717, 1.165) is 4.35 Å². The van der Waals surface area contributed by atoms with Gasteiger partial charge in [-0.25, -0.2) is 0 Å². The first kappa shape index (κ1) is 7.36. The molecule has 1 N–H and O–H groups in total. The third-order valence-corrected chi connectivity index (χ3v) is 1.76. The van der Waals surface area contributed by atoms with Crippen LogP contribution in [-0.4, -0.2) is 27.9 Å². The molecule has 10 heavy (non-hydrogen) atoms. The first-order chi connectivity index (χ1) is 4.70. The predicted octanol–water partition coefficient (Wildman–Crippen LogP) is -0.557. The van der Waals surface area contributed by atoms with Crippen LogP contribution in [0, 0.1) is 6.07 Å². The number of benzene rings is 1. The van der Waals surface area contributed by atoms with Crippen molar-refractivity contribution in [2.24, 2.45) is 0 Å². The van der Waals surface area contributed by atoms with E-state index in [4.69, 9.17) is 5.11 Å². The van der Waals surface area contributed by atoms with Crippen LogP contribution in [0.15, 0.2) is 18.2 Å². The summed E-state index contributed by atoms with van der Waals surface area (Å²) in [6.07, 6.45) is 0. The van der Waals surface area contributed by atoms with Crippen molar-refractivity contribution in [1.82, 2.24) is 0 Å². The van der Waals surface area contributed by atoms with Gasteiger partial charge in [0.25, 0.3) is 0 Å². The molecule has 0 saturated heterocycles. The molecule has 0 spiro atoms. The fourth-order valence-electron chi connectivity index (χ4n) is 0.614. The molecule has 0 bridgehead atoms. The molecule has 1 aromatic carbocycles. The van der Waals surface area contributed by atoms with Crippen LogP contribution in [0.25, 0.3) is 0 Å². The van der Waals surface area contributed by atoms with Crippen molar-refractivity contribution < 1.29 is 9.90 Å². The molecule has 3 heteroatoms. The zero-order valence-electron chi connectivity index (χ0n) is 5.16. The Labute approximate surface area is 67.4 Å². The molecule has 0 saturated carbocycles. The summed E-state index contributed by atoms with van der Waals surface area (Å²) in [4.78, 5) is 10.3. The van der Waals surface area contributed by atoms with E-state index in [1.165, 1.54) is 22.9 Å². The van der Waals surface area contributed by atoms with E-state index < -0.39 is 5.97 Å². The molecular weight excluding hydrogens is 191 g/mol. The van der Waals surface area contributed by atoms with Crippen molar-refractivity contribution >= 4 is 27.2 Å². The molecule has 1 rings (SSSR count). The third kappa shape index (κ3) is 1.61. The molecule has 2 nitrogen and oxygen atoms in total. The van der Waals surface area contributed by atoms with E-state index in [1.807, 2.05) is 0 Å². The van der Waals surface area contributed by atoms with E-state index in [9.17, 15) is 4.79 Å². The summed E-state index contributed by atoms with van der Waals surface area (Å²) in [5.41, 5.74) is 0.307. The van der Waals surface area contributed by atoms with Crippen LogP contribution >= 0.6 is 0 Å². The second-order valence-corrected chi connectivity index (χ2v) is 3.26. The average Bonchev–Trinajstić information content (AvgIpc) is 1.88. The monoisotopic (exact) mass is 197 g/mol. The molecule has 1 aromatic rings. The third-order valence-electron chi connectivity index (χ3n) is 1.06. The van der Waals surface area contributed by atoms with Gasteiger partial charge in [-0.15, -0.1) is 0 Å². The number of carboxylic acid groups (broad SMARTS) is 1. The quantitative estimate of drug-likeness (QED) is 0.613. The Bertz CT molecular complexity index is 258. The number of rotatable bonds is 1. The van der Waals surface area contributed by atoms with Gasteiger partial charge in [-0.2, -0.15) is 0 Å². The number of aromatic carboxylic acids is 1. The van der Waals surface area contributed by atoms with Crippen LogP contribution in [-0.2, 0) is 0 Å². The zero-order chi connectivity index (χ0) is 7.56. The fourth-order valence-corrected chi connectivity index (χ4v) is 1.19. The Balaban J connectivity index is 3.07. The molecule has 1 atom stereocenters. The summed E-state index contributed by atoms with van der Waals surface area (Å²) in [6, 6.07) is 7.62. The standard InChI is InChI=1S/C7H6AsO2/c8-6-3-1-2-5(4-6)7(9)10/h2-4H,8H2,(H,9,10). The van der Waals surface area contributed by atoms with Crippen LogP contribution < -0.4 is 4.35 Å². The van der Waals surface area contributed by atoms with Gasteiger partial charge in [-0.3, -0.25) is 0 Å². The number of carboxylic acids is 1. The van der Waals surface area contributed by atoms with Crippen LogP contribution in [0.3, 0.4) is 0 Å². The molecule has 0 aliphatic rings. The van der Waals surface area contributed by atoms with Gasteiger partial charge in [-0.05, 0) is 0 Å². The molecule has 0 heterocycles. The molecule has 51 valence electrons. The van der Waals surface area contributed by atoms with Gasteiger partial charge in [0.05, 0.1) is 0 Å². The summed E-state index contributed by atoms with van der Waals surface area (Å²) >= 11 is 1.40. The SMILES string of the molecule is O=C(O)c1c[c]cc([AsH2])c1. The van der Waals surface area contributed by atoms with Gasteiger partial charge >= 0.3 is 66.9 Å². The van der Waals surface area contributed by atoms with Gasteiger partial charge in [0.2, 0.25) is 0 Å². The maximum absolute atomic E-state index is 10.3. The van der Waals surface area contributed by atoms with Crippen molar-refractivity contribution in [2.45, 2.75) is 0 Å². The minimum atomic E-state index is -0.893. The number of carbonyl (C=O) groups is 1. The van der Waals surface area contributed by atoms with Gasteiger partial charge in [0.15, 0.2) is 0 Å². The second kappa shape index (κ2) is 2.89. The van der Waals surface area contributed by atoms with Crippen LogP contribution in [0.1, 0.15) is 10.4 Å². The van der Waals surface area contributed by atoms with Crippen LogP contribution in [0.4, 0.5) is 0 Å². The molecule has 1 radical (unpaired) electrons. The van der Waals surface area contributed by atoms with Crippen molar-refractivity contribution in [2.75, 3.05) is 0 Å². The van der Waals surface area contributed by atoms with E-state index >= 15 is 0 Å². The van der Waals surface area contributed by atoms with Crippen molar-refractivity contribution in [3.63, 3.8) is 0 Å². The second-order valence-electron chi connectivity index (χ2n) is 1.86. The molecule has 0 fully saturated rings. The molecule has 0 aliphatic carbocycles. The van der Waals surface area contributed by atoms with E-state index in [1.54, 1.807) is 12.1 Å². The predicted molar refractivity (Wildman–Crippen MR) is 40.4 cm³/mol. The zero-order valence-corrected chi connectivity index (χ0v) is 7.59. The van der Waals surface area contributed by atoms with Crippen molar-refractivity contribution in [3.05, 3.63) is 29.8 Å². The Kier molecular flexibility index (Phi) is 2.13. The van der Waals surface area contributed by atoms with Gasteiger partial charge in [-0.1, -0.05) is 0 Å². The number of hydrogen-bond donors (Lipinski definition) is 1. The van der Waals surface area contributed by atoms with Crippen LogP contribution in [0.5, 0.6) is 0 Å². The van der Waals surface area contributed by atoms with E-state index in [2.05, 4.69) is 6.07 Å². The van der Waals surface area contributed by atoms with E-state index in [-0.39, 0.29) is 0 Å². The topological polar surface area (TPSA) is 37.3 Å². The normalized spacial score (nSPS) is 9.30. The molecule has 0 aliphatic heterocycles. The summed E-state index contributed by atoms with van der Waals surface area (Å²) in [6.45, 7) is 0. The molecule has 1 unspecified atom stereocenters. The average molecular weight is 197 g/mol. The van der Waals surface area contributed by atoms with Crippen LogP contribution in [0.2, 0.25) is 0 Å². The van der Waals surface area contributed by atoms with Crippen molar-refractivity contribution in [3.8, 4) is 0 Å². The first-order valence-corrected chi connectivity index (χ1v) is 3.91. The Morgan fingerprint density at radius 1 is 1.60 bits per heavy atom. The number of hydrogen-bond acceptors (Lipinski definition) is 1. The molecule has 0 amide bonds. The first-order valence-electron chi connectivity index (χ1n) is 2.70. The van der Waals surface area contributed by atoms with E-state index in [0.29, 0.717) is 5.56 Å². The fraction of sp³-hybridized carbons (Fsp3) is 0. The van der Waals surface area contributed by atoms with Gasteiger partial charge in [0, 0.05) is 0 Å². The Hall–Kier alpha value is -0.752. The van der Waals surface area contributed by atoms with Gasteiger partial charge in [0.1, 0.15) is 0 Å². The Morgan fingerprint density at radius 2 is 2.30 bits per heavy atom. The summed E-state index contributed by atoms with van der Waals surface area (Å²) in [7, 11) is 0. The summed E-state index contributed by atoms with van der Waals surface area (Å²) in [5, 5.41) is 8.50. The summed E-state index contributed by atoms with van der Waals surface area (Å²) in [5.74, 6) is -0.893. The Morgan fingerprint density at radius 3 is 2.70 bits per heavy atom. The van der Waals surface area contributed by atoms with Gasteiger partial charge < -0.3 is 0 Å². The van der Waals surface area contributed by atoms with Crippen molar-refractivity contribution in [1.29, 1.82) is 0 Å². The summed E-state index contributed by atoms with van der Waals surface area (Å²) < 4.78 is 0.979. The maximum atomic E-state index is 10.3. The molecule has 0 aromatic heterocycles.